The lowest BCUT2D eigenvalue weighted by Gasteiger charge is -2.11. The molecule has 112 valence electrons. The van der Waals surface area contributed by atoms with Crippen LogP contribution in [-0.2, 0) is 6.42 Å². The van der Waals surface area contributed by atoms with E-state index in [9.17, 15) is 9.90 Å². The standard InChI is InChI=1S/C16H20N2O2S/c1-2-6-15-18-11-14(21-15)16(20)17-10-9-13(19)12-7-4-3-5-8-12/h3-5,7-8,11,13,19H,2,6,9-10H2,1H3,(H,17,20). The quantitative estimate of drug-likeness (QED) is 0.826. The van der Waals surface area contributed by atoms with Crippen LogP contribution in [0.5, 0.6) is 0 Å². The summed E-state index contributed by atoms with van der Waals surface area (Å²) in [5, 5.41) is 13.8. The minimum atomic E-state index is -0.552. The molecule has 1 aromatic heterocycles. The summed E-state index contributed by atoms with van der Waals surface area (Å²) in [6.45, 7) is 2.53. The second-order valence-corrected chi connectivity index (χ2v) is 5.95. The molecule has 0 aliphatic carbocycles. The Morgan fingerprint density at radius 1 is 1.38 bits per heavy atom. The number of nitrogens with one attached hydrogen (secondary N) is 1. The molecule has 2 N–H and O–H groups in total. The molecule has 1 heterocycles. The number of carbonyl (C=O) groups excluding carboxylic acids is 1. The second-order valence-electron chi connectivity index (χ2n) is 4.84. The molecule has 0 aliphatic heterocycles. The van der Waals surface area contributed by atoms with Crippen LogP contribution in [0.4, 0.5) is 0 Å². The fraction of sp³-hybridized carbons (Fsp3) is 0.375. The Hall–Kier alpha value is -1.72. The van der Waals surface area contributed by atoms with Gasteiger partial charge in [-0.1, -0.05) is 37.3 Å². The molecule has 0 bridgehead atoms. The summed E-state index contributed by atoms with van der Waals surface area (Å²) in [5.74, 6) is -0.116. The molecule has 2 aromatic rings. The zero-order valence-electron chi connectivity index (χ0n) is 12.1. The minimum absolute atomic E-state index is 0.116. The second kappa shape index (κ2) is 7.90. The van der Waals surface area contributed by atoms with Gasteiger partial charge in [0.05, 0.1) is 17.3 Å². The van der Waals surface area contributed by atoms with Crippen LogP contribution in [-0.4, -0.2) is 22.5 Å². The van der Waals surface area contributed by atoms with Crippen LogP contribution in [0, 0.1) is 0 Å². The highest BCUT2D eigenvalue weighted by Crippen LogP contribution is 2.16. The number of thiazole rings is 1. The molecule has 21 heavy (non-hydrogen) atoms. The fourth-order valence-corrected chi connectivity index (χ4v) is 2.93. The lowest BCUT2D eigenvalue weighted by atomic mass is 10.1. The van der Waals surface area contributed by atoms with Crippen LogP contribution in [0.1, 0.15) is 46.1 Å². The number of hydrogen-bond acceptors (Lipinski definition) is 4. The highest BCUT2D eigenvalue weighted by Gasteiger charge is 2.11. The molecule has 1 unspecified atom stereocenters. The summed E-state index contributed by atoms with van der Waals surface area (Å²) in [5.41, 5.74) is 0.870. The third-order valence-electron chi connectivity index (χ3n) is 3.13. The third kappa shape index (κ3) is 4.65. The number of rotatable bonds is 7. The maximum atomic E-state index is 12.0. The molecule has 0 radical (unpaired) electrons. The third-order valence-corrected chi connectivity index (χ3v) is 4.18. The van der Waals surface area contributed by atoms with E-state index >= 15 is 0 Å². The van der Waals surface area contributed by atoms with Crippen molar-refractivity contribution in [1.29, 1.82) is 0 Å². The van der Waals surface area contributed by atoms with Gasteiger partial charge in [-0.15, -0.1) is 11.3 Å². The summed E-state index contributed by atoms with van der Waals surface area (Å²) < 4.78 is 0. The molecule has 1 atom stereocenters. The zero-order chi connectivity index (χ0) is 15.1. The van der Waals surface area contributed by atoms with E-state index in [4.69, 9.17) is 0 Å². The van der Waals surface area contributed by atoms with Gasteiger partial charge in [0.15, 0.2) is 0 Å². The molecule has 2 rings (SSSR count). The molecular formula is C16H20N2O2S. The van der Waals surface area contributed by atoms with E-state index in [0.29, 0.717) is 17.8 Å². The zero-order valence-corrected chi connectivity index (χ0v) is 12.9. The van der Waals surface area contributed by atoms with Gasteiger partial charge in [0.1, 0.15) is 4.88 Å². The first-order valence-corrected chi connectivity index (χ1v) is 7.98. The Kier molecular flexibility index (Phi) is 5.90. The number of aliphatic hydroxyl groups excluding tert-OH is 1. The van der Waals surface area contributed by atoms with Gasteiger partial charge in [-0.2, -0.15) is 0 Å². The maximum Gasteiger partial charge on any atom is 0.263 e. The molecule has 0 saturated heterocycles. The lowest BCUT2D eigenvalue weighted by Crippen LogP contribution is -2.24. The van der Waals surface area contributed by atoms with E-state index in [1.807, 2.05) is 30.3 Å². The normalized spacial score (nSPS) is 12.1. The monoisotopic (exact) mass is 304 g/mol. The van der Waals surface area contributed by atoms with Crippen molar-refractivity contribution in [2.45, 2.75) is 32.3 Å². The van der Waals surface area contributed by atoms with Crippen LogP contribution in [0.3, 0.4) is 0 Å². The Labute approximate surface area is 128 Å². The number of carbonyl (C=O) groups is 1. The molecular weight excluding hydrogens is 284 g/mol. The predicted octanol–water partition coefficient (Wildman–Crippen LogP) is 2.95. The van der Waals surface area contributed by atoms with Crippen molar-refractivity contribution in [2.75, 3.05) is 6.54 Å². The van der Waals surface area contributed by atoms with E-state index < -0.39 is 6.10 Å². The maximum absolute atomic E-state index is 12.0. The van der Waals surface area contributed by atoms with E-state index in [1.165, 1.54) is 11.3 Å². The van der Waals surface area contributed by atoms with Crippen molar-refractivity contribution in [2.24, 2.45) is 0 Å². The van der Waals surface area contributed by atoms with E-state index in [1.54, 1.807) is 6.20 Å². The highest BCUT2D eigenvalue weighted by atomic mass is 32.1. The largest absolute Gasteiger partial charge is 0.388 e. The van der Waals surface area contributed by atoms with Crippen molar-refractivity contribution in [3.8, 4) is 0 Å². The average molecular weight is 304 g/mol. The smallest absolute Gasteiger partial charge is 0.263 e. The van der Waals surface area contributed by atoms with Crippen molar-refractivity contribution in [3.63, 3.8) is 0 Å². The van der Waals surface area contributed by atoms with E-state index in [0.717, 1.165) is 23.4 Å². The first-order chi connectivity index (χ1) is 10.2. The van der Waals surface area contributed by atoms with Gasteiger partial charge < -0.3 is 10.4 Å². The van der Waals surface area contributed by atoms with Gasteiger partial charge in [-0.3, -0.25) is 4.79 Å². The number of aromatic nitrogens is 1. The minimum Gasteiger partial charge on any atom is -0.388 e. The Bertz CT molecular complexity index is 569. The summed E-state index contributed by atoms with van der Waals surface area (Å²) in [6, 6.07) is 9.46. The Morgan fingerprint density at radius 2 is 2.14 bits per heavy atom. The molecule has 0 aliphatic rings. The van der Waals surface area contributed by atoms with Gasteiger partial charge in [-0.25, -0.2) is 4.98 Å². The van der Waals surface area contributed by atoms with Crippen molar-refractivity contribution < 1.29 is 9.90 Å². The highest BCUT2D eigenvalue weighted by molar-refractivity contribution is 7.13. The summed E-state index contributed by atoms with van der Waals surface area (Å²) >= 11 is 1.44. The average Bonchev–Trinajstić information content (AvgIpc) is 2.97. The predicted molar refractivity (Wildman–Crippen MR) is 84.5 cm³/mol. The Balaban J connectivity index is 1.78. The number of aliphatic hydroxyl groups is 1. The van der Waals surface area contributed by atoms with Crippen LogP contribution in [0.15, 0.2) is 36.5 Å². The van der Waals surface area contributed by atoms with E-state index in [2.05, 4.69) is 17.2 Å². The van der Waals surface area contributed by atoms with Gasteiger partial charge >= 0.3 is 0 Å². The SMILES string of the molecule is CCCc1ncc(C(=O)NCCC(O)c2ccccc2)s1. The molecule has 4 nitrogen and oxygen atoms in total. The number of amides is 1. The van der Waals surface area contributed by atoms with Gasteiger partial charge in [0.2, 0.25) is 0 Å². The van der Waals surface area contributed by atoms with Crippen molar-refractivity contribution in [1.82, 2.24) is 10.3 Å². The topological polar surface area (TPSA) is 62.2 Å². The molecule has 0 spiro atoms. The van der Waals surface area contributed by atoms with Gasteiger partial charge in [0.25, 0.3) is 5.91 Å². The fourth-order valence-electron chi connectivity index (χ4n) is 2.00. The van der Waals surface area contributed by atoms with Crippen LogP contribution in [0.2, 0.25) is 0 Å². The first-order valence-electron chi connectivity index (χ1n) is 7.16. The summed E-state index contributed by atoms with van der Waals surface area (Å²) in [6.07, 6.45) is 3.50. The number of nitrogens with zero attached hydrogens (tertiary/aromatic N) is 1. The van der Waals surface area contributed by atoms with Crippen molar-refractivity contribution >= 4 is 17.2 Å². The van der Waals surface area contributed by atoms with Crippen LogP contribution in [0.25, 0.3) is 0 Å². The Morgan fingerprint density at radius 3 is 2.86 bits per heavy atom. The van der Waals surface area contributed by atoms with Gasteiger partial charge in [0, 0.05) is 6.54 Å². The molecule has 0 fully saturated rings. The summed E-state index contributed by atoms with van der Waals surface area (Å²) in [4.78, 5) is 16.8. The molecule has 5 heteroatoms. The summed E-state index contributed by atoms with van der Waals surface area (Å²) in [7, 11) is 0. The molecule has 1 aromatic carbocycles. The lowest BCUT2D eigenvalue weighted by molar-refractivity contribution is 0.0946. The van der Waals surface area contributed by atoms with Crippen LogP contribution < -0.4 is 5.32 Å². The van der Waals surface area contributed by atoms with Crippen LogP contribution >= 0.6 is 11.3 Å². The molecule has 0 saturated carbocycles. The van der Waals surface area contributed by atoms with E-state index in [-0.39, 0.29) is 5.91 Å². The molecule has 1 amide bonds. The number of benzene rings is 1. The van der Waals surface area contributed by atoms with Crippen molar-refractivity contribution in [3.05, 3.63) is 52.0 Å². The first kappa shape index (κ1) is 15.7. The number of aryl methyl sites for hydroxylation is 1. The number of hydrogen-bond donors (Lipinski definition) is 2. The van der Waals surface area contributed by atoms with Gasteiger partial charge in [-0.05, 0) is 24.8 Å².